The van der Waals surface area contributed by atoms with Gasteiger partial charge >= 0.3 is 0 Å². The van der Waals surface area contributed by atoms with Gasteiger partial charge in [-0.15, -0.1) is 0 Å². The maximum atomic E-state index is 11.7. The first-order chi connectivity index (χ1) is 11.2. The smallest absolute Gasteiger partial charge is 0.248 e. The van der Waals surface area contributed by atoms with E-state index in [9.17, 15) is 9.59 Å². The SMILES string of the molecule is CC=CC=CC(=O)NCc1cccc(NC(=O)C=CC=CC)c1. The summed E-state index contributed by atoms with van der Waals surface area (Å²) in [6.45, 7) is 4.17. The Kier molecular flexibility index (Phi) is 8.52. The fourth-order valence-corrected chi connectivity index (χ4v) is 1.70. The van der Waals surface area contributed by atoms with Crippen molar-refractivity contribution in [3.63, 3.8) is 0 Å². The molecule has 0 bridgehead atoms. The van der Waals surface area contributed by atoms with Gasteiger partial charge in [-0.05, 0) is 31.5 Å². The lowest BCUT2D eigenvalue weighted by atomic mass is 10.2. The summed E-state index contributed by atoms with van der Waals surface area (Å²) in [6.07, 6.45) is 13.6. The average Bonchev–Trinajstić information content (AvgIpc) is 2.54. The van der Waals surface area contributed by atoms with E-state index in [0.717, 1.165) is 5.56 Å². The molecule has 120 valence electrons. The molecule has 0 aliphatic carbocycles. The van der Waals surface area contributed by atoms with Crippen LogP contribution in [0, 0.1) is 0 Å². The fraction of sp³-hybridized carbons (Fsp3) is 0.158. The van der Waals surface area contributed by atoms with Crippen LogP contribution in [0.5, 0.6) is 0 Å². The highest BCUT2D eigenvalue weighted by molar-refractivity contribution is 5.99. The van der Waals surface area contributed by atoms with Crippen LogP contribution in [0.1, 0.15) is 19.4 Å². The summed E-state index contributed by atoms with van der Waals surface area (Å²) in [7, 11) is 0. The highest BCUT2D eigenvalue weighted by Gasteiger charge is 2.00. The van der Waals surface area contributed by atoms with Crippen LogP contribution in [0.15, 0.2) is 72.9 Å². The molecule has 0 heterocycles. The molecule has 0 radical (unpaired) electrons. The van der Waals surface area contributed by atoms with Crippen molar-refractivity contribution in [2.24, 2.45) is 0 Å². The molecule has 2 N–H and O–H groups in total. The minimum Gasteiger partial charge on any atom is -0.348 e. The second-order valence-electron chi connectivity index (χ2n) is 4.68. The van der Waals surface area contributed by atoms with E-state index in [1.54, 1.807) is 30.4 Å². The van der Waals surface area contributed by atoms with Crippen molar-refractivity contribution in [2.45, 2.75) is 20.4 Å². The van der Waals surface area contributed by atoms with Crippen LogP contribution >= 0.6 is 0 Å². The first-order valence-corrected chi connectivity index (χ1v) is 7.42. The van der Waals surface area contributed by atoms with Crippen molar-refractivity contribution < 1.29 is 9.59 Å². The third-order valence-corrected chi connectivity index (χ3v) is 2.76. The Morgan fingerprint density at radius 3 is 2.26 bits per heavy atom. The molecule has 0 atom stereocenters. The molecule has 0 unspecified atom stereocenters. The van der Waals surface area contributed by atoms with Crippen LogP contribution in [-0.4, -0.2) is 11.8 Å². The molecule has 1 aromatic rings. The van der Waals surface area contributed by atoms with Crippen molar-refractivity contribution >= 4 is 17.5 Å². The Morgan fingerprint density at radius 1 is 0.957 bits per heavy atom. The lowest BCUT2D eigenvalue weighted by Gasteiger charge is -2.06. The zero-order chi connectivity index (χ0) is 16.9. The number of anilines is 1. The van der Waals surface area contributed by atoms with Crippen molar-refractivity contribution in [2.75, 3.05) is 5.32 Å². The van der Waals surface area contributed by atoms with Gasteiger partial charge in [-0.2, -0.15) is 0 Å². The van der Waals surface area contributed by atoms with Crippen LogP contribution in [0.3, 0.4) is 0 Å². The molecule has 0 saturated heterocycles. The van der Waals surface area contributed by atoms with Gasteiger partial charge in [-0.3, -0.25) is 9.59 Å². The molecule has 0 saturated carbocycles. The van der Waals surface area contributed by atoms with Gasteiger partial charge in [-0.25, -0.2) is 0 Å². The Labute approximate surface area is 137 Å². The van der Waals surface area contributed by atoms with Gasteiger partial charge in [0.25, 0.3) is 0 Å². The van der Waals surface area contributed by atoms with Crippen LogP contribution in [0.25, 0.3) is 0 Å². The summed E-state index contributed by atoms with van der Waals surface area (Å²) in [5, 5.41) is 5.56. The number of rotatable bonds is 7. The van der Waals surface area contributed by atoms with Gasteiger partial charge < -0.3 is 10.6 Å². The van der Waals surface area contributed by atoms with Gasteiger partial charge in [0.05, 0.1) is 0 Å². The lowest BCUT2D eigenvalue weighted by Crippen LogP contribution is -2.20. The number of hydrogen-bond donors (Lipinski definition) is 2. The quantitative estimate of drug-likeness (QED) is 0.598. The monoisotopic (exact) mass is 310 g/mol. The standard InChI is InChI=1S/C19H22N2O2/c1-3-5-7-12-18(22)20-15-16-10-9-11-17(14-16)21-19(23)13-8-6-4-2/h3-14H,15H2,1-2H3,(H,20,22)(H,21,23). The van der Waals surface area contributed by atoms with E-state index < -0.39 is 0 Å². The van der Waals surface area contributed by atoms with Crippen molar-refractivity contribution in [1.82, 2.24) is 5.32 Å². The van der Waals surface area contributed by atoms with Gasteiger partial charge in [0.2, 0.25) is 11.8 Å². The number of benzene rings is 1. The first-order valence-electron chi connectivity index (χ1n) is 7.42. The molecule has 1 aromatic carbocycles. The molecule has 0 spiro atoms. The van der Waals surface area contributed by atoms with E-state index in [2.05, 4.69) is 10.6 Å². The Hall–Kier alpha value is -2.88. The number of allylic oxidation sites excluding steroid dienone is 6. The fourth-order valence-electron chi connectivity index (χ4n) is 1.70. The zero-order valence-electron chi connectivity index (χ0n) is 13.5. The van der Waals surface area contributed by atoms with Gasteiger partial charge in [0.1, 0.15) is 0 Å². The lowest BCUT2D eigenvalue weighted by molar-refractivity contribution is -0.116. The highest BCUT2D eigenvalue weighted by atomic mass is 16.2. The second kappa shape index (κ2) is 10.8. The van der Waals surface area contributed by atoms with Crippen molar-refractivity contribution in [3.8, 4) is 0 Å². The minimum atomic E-state index is -0.196. The number of carbonyl (C=O) groups excluding carboxylic acids is 2. The Balaban J connectivity index is 2.56. The van der Waals surface area contributed by atoms with Crippen molar-refractivity contribution in [1.29, 1.82) is 0 Å². The van der Waals surface area contributed by atoms with E-state index in [0.29, 0.717) is 12.2 Å². The van der Waals surface area contributed by atoms with E-state index in [-0.39, 0.29) is 11.8 Å². The first kappa shape index (κ1) is 18.2. The summed E-state index contributed by atoms with van der Waals surface area (Å²) < 4.78 is 0. The molecule has 0 aromatic heterocycles. The molecule has 23 heavy (non-hydrogen) atoms. The maximum Gasteiger partial charge on any atom is 0.248 e. The molecule has 4 nitrogen and oxygen atoms in total. The third-order valence-electron chi connectivity index (χ3n) is 2.76. The van der Waals surface area contributed by atoms with Gasteiger partial charge in [0.15, 0.2) is 0 Å². The number of hydrogen-bond acceptors (Lipinski definition) is 2. The molecule has 0 aliphatic heterocycles. The summed E-state index contributed by atoms with van der Waals surface area (Å²) in [5.41, 5.74) is 1.60. The molecule has 4 heteroatoms. The summed E-state index contributed by atoms with van der Waals surface area (Å²) in [6, 6.07) is 7.36. The molecule has 0 aliphatic rings. The third kappa shape index (κ3) is 8.21. The topological polar surface area (TPSA) is 58.2 Å². The maximum absolute atomic E-state index is 11.7. The largest absolute Gasteiger partial charge is 0.348 e. The molecule has 2 amide bonds. The number of carbonyl (C=O) groups is 2. The molecule has 1 rings (SSSR count). The van der Waals surface area contributed by atoms with Crippen LogP contribution < -0.4 is 10.6 Å². The summed E-state index contributed by atoms with van der Waals surface area (Å²) >= 11 is 0. The van der Waals surface area contributed by atoms with Gasteiger partial charge in [-0.1, -0.05) is 48.6 Å². The highest BCUT2D eigenvalue weighted by Crippen LogP contribution is 2.10. The van der Waals surface area contributed by atoms with E-state index in [1.165, 1.54) is 12.2 Å². The average molecular weight is 310 g/mol. The minimum absolute atomic E-state index is 0.160. The molecule has 0 fully saturated rings. The number of nitrogens with one attached hydrogen (secondary N) is 2. The normalized spacial score (nSPS) is 11.7. The Morgan fingerprint density at radius 2 is 1.61 bits per heavy atom. The zero-order valence-corrected chi connectivity index (χ0v) is 13.5. The van der Waals surface area contributed by atoms with E-state index in [4.69, 9.17) is 0 Å². The van der Waals surface area contributed by atoms with Crippen molar-refractivity contribution in [3.05, 3.63) is 78.4 Å². The number of amides is 2. The van der Waals surface area contributed by atoms with Gasteiger partial charge in [0, 0.05) is 24.4 Å². The predicted molar refractivity (Wildman–Crippen MR) is 94.8 cm³/mol. The van der Waals surface area contributed by atoms with E-state index >= 15 is 0 Å². The summed E-state index contributed by atoms with van der Waals surface area (Å²) in [4.78, 5) is 23.3. The second-order valence-corrected chi connectivity index (χ2v) is 4.68. The molecular weight excluding hydrogens is 288 g/mol. The Bertz CT molecular complexity index is 641. The summed E-state index contributed by atoms with van der Waals surface area (Å²) in [5.74, 6) is -0.356. The van der Waals surface area contributed by atoms with Crippen LogP contribution in [0.4, 0.5) is 5.69 Å². The van der Waals surface area contributed by atoms with Crippen LogP contribution in [-0.2, 0) is 16.1 Å². The molecular formula is C19H22N2O2. The van der Waals surface area contributed by atoms with E-state index in [1.807, 2.05) is 44.2 Å². The van der Waals surface area contributed by atoms with Crippen LogP contribution in [0.2, 0.25) is 0 Å². The predicted octanol–water partition coefficient (Wildman–Crippen LogP) is 3.51.